The average molecular weight is 358 g/mol. The van der Waals surface area contributed by atoms with Gasteiger partial charge in [0.05, 0.1) is 30.5 Å². The van der Waals surface area contributed by atoms with Gasteiger partial charge in [-0.25, -0.2) is 0 Å². The Labute approximate surface area is 149 Å². The predicted molar refractivity (Wildman–Crippen MR) is 99.4 cm³/mol. The topological polar surface area (TPSA) is 51.7 Å². The van der Waals surface area contributed by atoms with Crippen LogP contribution in [0.5, 0.6) is 11.5 Å². The van der Waals surface area contributed by atoms with E-state index in [1.807, 2.05) is 18.2 Å². The first kappa shape index (κ1) is 16.5. The normalized spacial score (nSPS) is 15.9. The molecule has 0 saturated carbocycles. The summed E-state index contributed by atoms with van der Waals surface area (Å²) in [6, 6.07) is 10.8. The van der Waals surface area contributed by atoms with Crippen LogP contribution in [0.2, 0.25) is 0 Å². The van der Waals surface area contributed by atoms with Crippen molar-refractivity contribution in [1.82, 2.24) is 4.98 Å². The summed E-state index contributed by atoms with van der Waals surface area (Å²) in [6.07, 6.45) is 3.41. The fourth-order valence-electron chi connectivity index (χ4n) is 2.24. The first-order valence-electron chi connectivity index (χ1n) is 7.05. The standard InChI is InChI=1S/C17H14N2O3S2/c1-21-12-6-7-13(14(10-12)22-2)19-16(20)15(24-17(19)23)9-11-5-3-4-8-18-11/h3-10H,1-2H3. The van der Waals surface area contributed by atoms with Gasteiger partial charge in [0, 0.05) is 12.3 Å². The van der Waals surface area contributed by atoms with Crippen molar-refractivity contribution >= 4 is 46.0 Å². The number of hydrogen-bond donors (Lipinski definition) is 0. The van der Waals surface area contributed by atoms with Crippen molar-refractivity contribution in [3.63, 3.8) is 0 Å². The van der Waals surface area contributed by atoms with E-state index in [1.165, 1.54) is 16.7 Å². The second-order valence-corrected chi connectivity index (χ2v) is 6.49. The Bertz CT molecular complexity index is 822. The van der Waals surface area contributed by atoms with Crippen LogP contribution in [-0.2, 0) is 4.79 Å². The molecule has 1 aliphatic heterocycles. The van der Waals surface area contributed by atoms with Crippen molar-refractivity contribution in [2.24, 2.45) is 0 Å². The Balaban J connectivity index is 1.97. The second-order valence-electron chi connectivity index (χ2n) is 4.81. The number of amides is 1. The maximum atomic E-state index is 12.8. The van der Waals surface area contributed by atoms with Crippen molar-refractivity contribution in [3.05, 3.63) is 53.2 Å². The Morgan fingerprint density at radius 1 is 1.21 bits per heavy atom. The van der Waals surface area contributed by atoms with Crippen molar-refractivity contribution < 1.29 is 14.3 Å². The maximum absolute atomic E-state index is 12.8. The third-order valence-corrected chi connectivity index (χ3v) is 4.69. The molecule has 0 atom stereocenters. The zero-order chi connectivity index (χ0) is 17.1. The van der Waals surface area contributed by atoms with Gasteiger partial charge in [-0.05, 0) is 30.3 Å². The summed E-state index contributed by atoms with van der Waals surface area (Å²) < 4.78 is 11.0. The smallest absolute Gasteiger partial charge is 0.270 e. The number of thioether (sulfide) groups is 1. The molecule has 2 heterocycles. The summed E-state index contributed by atoms with van der Waals surface area (Å²) in [7, 11) is 3.11. The van der Waals surface area contributed by atoms with E-state index in [-0.39, 0.29) is 5.91 Å². The van der Waals surface area contributed by atoms with Crippen LogP contribution in [0, 0.1) is 0 Å². The lowest BCUT2D eigenvalue weighted by Crippen LogP contribution is -2.27. The Morgan fingerprint density at radius 2 is 2.04 bits per heavy atom. The number of rotatable bonds is 4. The second kappa shape index (κ2) is 7.02. The molecule has 122 valence electrons. The van der Waals surface area contributed by atoms with E-state index in [0.717, 1.165) is 0 Å². The quantitative estimate of drug-likeness (QED) is 0.616. The van der Waals surface area contributed by atoms with Gasteiger partial charge in [-0.3, -0.25) is 14.7 Å². The number of methoxy groups -OCH3 is 2. The van der Waals surface area contributed by atoms with Gasteiger partial charge in [-0.15, -0.1) is 0 Å². The van der Waals surface area contributed by atoms with Crippen LogP contribution in [0.4, 0.5) is 5.69 Å². The first-order valence-corrected chi connectivity index (χ1v) is 8.27. The number of benzene rings is 1. The highest BCUT2D eigenvalue weighted by atomic mass is 32.2. The highest BCUT2D eigenvalue weighted by Gasteiger charge is 2.35. The zero-order valence-corrected chi connectivity index (χ0v) is 14.7. The van der Waals surface area contributed by atoms with E-state index in [1.54, 1.807) is 44.7 Å². The number of thiocarbonyl (C=S) groups is 1. The molecule has 0 radical (unpaired) electrons. The molecule has 0 N–H and O–H groups in total. The SMILES string of the molecule is COc1ccc(N2C(=O)C(=Cc3ccccn3)SC2=S)c(OC)c1. The summed E-state index contributed by atoms with van der Waals surface area (Å²) in [6.45, 7) is 0. The van der Waals surface area contributed by atoms with Crippen LogP contribution in [0.1, 0.15) is 5.69 Å². The molecule has 1 aliphatic rings. The number of aromatic nitrogens is 1. The van der Waals surface area contributed by atoms with Crippen molar-refractivity contribution in [2.75, 3.05) is 19.1 Å². The molecular formula is C17H14N2O3S2. The largest absolute Gasteiger partial charge is 0.497 e. The van der Waals surface area contributed by atoms with Crippen LogP contribution in [-0.4, -0.2) is 29.4 Å². The Hall–Kier alpha value is -2.38. The number of ether oxygens (including phenoxy) is 2. The molecule has 2 aromatic rings. The van der Waals surface area contributed by atoms with Gasteiger partial charge in [0.15, 0.2) is 4.32 Å². The van der Waals surface area contributed by atoms with Gasteiger partial charge < -0.3 is 9.47 Å². The zero-order valence-electron chi connectivity index (χ0n) is 13.1. The molecule has 3 rings (SSSR count). The van der Waals surface area contributed by atoms with Gasteiger partial charge in [0.2, 0.25) is 0 Å². The molecule has 7 heteroatoms. The molecule has 1 saturated heterocycles. The van der Waals surface area contributed by atoms with Crippen molar-refractivity contribution in [2.45, 2.75) is 0 Å². The maximum Gasteiger partial charge on any atom is 0.270 e. The number of anilines is 1. The summed E-state index contributed by atoms with van der Waals surface area (Å²) in [5, 5.41) is 0. The first-order chi connectivity index (χ1) is 11.6. The van der Waals surface area contributed by atoms with Gasteiger partial charge >= 0.3 is 0 Å². The Morgan fingerprint density at radius 3 is 2.71 bits per heavy atom. The molecule has 1 aromatic heterocycles. The molecule has 1 aromatic carbocycles. The molecule has 5 nitrogen and oxygen atoms in total. The number of hydrogen-bond acceptors (Lipinski definition) is 6. The highest BCUT2D eigenvalue weighted by Crippen LogP contribution is 2.41. The predicted octanol–water partition coefficient (Wildman–Crippen LogP) is 3.50. The third-order valence-electron chi connectivity index (χ3n) is 3.39. The lowest BCUT2D eigenvalue weighted by atomic mass is 10.2. The summed E-state index contributed by atoms with van der Waals surface area (Å²) >= 11 is 6.62. The number of pyridine rings is 1. The molecule has 0 unspecified atom stereocenters. The minimum atomic E-state index is -0.195. The summed E-state index contributed by atoms with van der Waals surface area (Å²) in [4.78, 5) is 19.0. The number of carbonyl (C=O) groups is 1. The van der Waals surface area contributed by atoms with Gasteiger partial charge in [0.25, 0.3) is 5.91 Å². The average Bonchev–Trinajstić information content (AvgIpc) is 2.89. The van der Waals surface area contributed by atoms with Gasteiger partial charge in [-0.2, -0.15) is 0 Å². The number of carbonyl (C=O) groups excluding carboxylic acids is 1. The van der Waals surface area contributed by atoms with Crippen molar-refractivity contribution in [1.29, 1.82) is 0 Å². The third kappa shape index (κ3) is 3.13. The van der Waals surface area contributed by atoms with Crippen LogP contribution < -0.4 is 14.4 Å². The van der Waals surface area contributed by atoms with Gasteiger partial charge in [0.1, 0.15) is 11.5 Å². The van der Waals surface area contributed by atoms with Crippen molar-refractivity contribution in [3.8, 4) is 11.5 Å². The van der Waals surface area contributed by atoms with Gasteiger partial charge in [-0.1, -0.05) is 30.0 Å². The molecule has 0 aliphatic carbocycles. The minimum absolute atomic E-state index is 0.195. The lowest BCUT2D eigenvalue weighted by molar-refractivity contribution is -0.113. The molecule has 0 spiro atoms. The molecule has 1 fully saturated rings. The van der Waals surface area contributed by atoms with E-state index >= 15 is 0 Å². The monoisotopic (exact) mass is 358 g/mol. The highest BCUT2D eigenvalue weighted by molar-refractivity contribution is 8.27. The van der Waals surface area contributed by atoms with E-state index < -0.39 is 0 Å². The van der Waals surface area contributed by atoms with E-state index in [4.69, 9.17) is 21.7 Å². The minimum Gasteiger partial charge on any atom is -0.497 e. The summed E-state index contributed by atoms with van der Waals surface area (Å²) in [5.41, 5.74) is 1.30. The molecule has 24 heavy (non-hydrogen) atoms. The van der Waals surface area contributed by atoms with Crippen LogP contribution in [0.15, 0.2) is 47.5 Å². The van der Waals surface area contributed by atoms with E-state index in [9.17, 15) is 4.79 Å². The fraction of sp³-hybridized carbons (Fsp3) is 0.118. The summed E-state index contributed by atoms with van der Waals surface area (Å²) in [5.74, 6) is 0.967. The molecular weight excluding hydrogens is 344 g/mol. The van der Waals surface area contributed by atoms with E-state index in [2.05, 4.69) is 4.98 Å². The van der Waals surface area contributed by atoms with Crippen LogP contribution in [0.3, 0.4) is 0 Å². The molecule has 0 bridgehead atoms. The fourth-order valence-corrected chi connectivity index (χ4v) is 3.51. The number of nitrogens with zero attached hydrogens (tertiary/aromatic N) is 2. The van der Waals surface area contributed by atoms with Crippen LogP contribution in [0.25, 0.3) is 6.08 Å². The van der Waals surface area contributed by atoms with Crippen LogP contribution >= 0.6 is 24.0 Å². The van der Waals surface area contributed by atoms with E-state index in [0.29, 0.717) is 32.1 Å². The Kier molecular flexibility index (Phi) is 4.82. The molecule has 1 amide bonds. The lowest BCUT2D eigenvalue weighted by Gasteiger charge is -2.18.